The van der Waals surface area contributed by atoms with E-state index in [2.05, 4.69) is 0 Å². The van der Waals surface area contributed by atoms with Crippen molar-refractivity contribution >= 4 is 29.3 Å². The van der Waals surface area contributed by atoms with Gasteiger partial charge < -0.3 is 14.5 Å². The minimum Gasteiger partial charge on any atom is -0.484 e. The number of non-ortho nitro benzene ring substituents is 1. The number of amides is 2. The molecule has 1 aliphatic rings. The Morgan fingerprint density at radius 3 is 2.61 bits per heavy atom. The molecule has 2 rings (SSSR count). The van der Waals surface area contributed by atoms with Gasteiger partial charge in [0.05, 0.1) is 10.8 Å². The number of carbonyl (C=O) groups is 2. The molecule has 0 N–H and O–H groups in total. The molecule has 23 heavy (non-hydrogen) atoms. The molecule has 1 aromatic carbocycles. The van der Waals surface area contributed by atoms with Crippen LogP contribution in [0.15, 0.2) is 24.3 Å². The molecule has 0 bridgehead atoms. The normalized spacial score (nSPS) is 17.0. The van der Waals surface area contributed by atoms with E-state index in [0.29, 0.717) is 17.4 Å². The Morgan fingerprint density at radius 1 is 1.39 bits per heavy atom. The molecular weight excluding hydrogens is 322 g/mol. The maximum absolute atomic E-state index is 12.2. The van der Waals surface area contributed by atoms with Crippen molar-refractivity contribution in [1.82, 2.24) is 9.80 Å². The Labute approximate surface area is 137 Å². The zero-order chi connectivity index (χ0) is 17.0. The standard InChI is InChI=1S/C14H17N3O5S/c1-15(2)14(19)12-8-23-9-16(12)13(18)7-22-11-5-3-10(4-6-11)17(20)21/h3-6,12H,7-9H2,1-2H3/t12-/m1/s1. The summed E-state index contributed by atoms with van der Waals surface area (Å²) in [5.74, 6) is 0.992. The number of nitrogens with zero attached hydrogens (tertiary/aromatic N) is 3. The number of thioether (sulfide) groups is 1. The molecule has 1 heterocycles. The summed E-state index contributed by atoms with van der Waals surface area (Å²) in [7, 11) is 3.31. The van der Waals surface area contributed by atoms with E-state index in [1.165, 1.54) is 45.8 Å². The number of benzene rings is 1. The van der Waals surface area contributed by atoms with Crippen LogP contribution in [0.3, 0.4) is 0 Å². The molecule has 9 heteroatoms. The van der Waals surface area contributed by atoms with Gasteiger partial charge in [0.1, 0.15) is 11.8 Å². The van der Waals surface area contributed by atoms with Crippen molar-refractivity contribution in [2.75, 3.05) is 32.3 Å². The first kappa shape index (κ1) is 17.1. The van der Waals surface area contributed by atoms with Gasteiger partial charge in [-0.3, -0.25) is 19.7 Å². The molecule has 0 unspecified atom stereocenters. The molecule has 1 aromatic rings. The second kappa shape index (κ2) is 7.32. The molecule has 1 atom stereocenters. The first-order valence-electron chi connectivity index (χ1n) is 6.86. The van der Waals surface area contributed by atoms with Crippen LogP contribution >= 0.6 is 11.8 Å². The second-order valence-corrected chi connectivity index (χ2v) is 6.15. The summed E-state index contributed by atoms with van der Waals surface area (Å²) in [5.41, 5.74) is -0.0451. The number of hydrogen-bond donors (Lipinski definition) is 0. The first-order valence-corrected chi connectivity index (χ1v) is 8.01. The van der Waals surface area contributed by atoms with Gasteiger partial charge in [0.2, 0.25) is 5.91 Å². The minimum atomic E-state index is -0.506. The Hall–Kier alpha value is -2.29. The summed E-state index contributed by atoms with van der Waals surface area (Å²) in [6, 6.07) is 5.02. The van der Waals surface area contributed by atoms with Crippen LogP contribution in [0.1, 0.15) is 0 Å². The summed E-state index contributed by atoms with van der Waals surface area (Å²) in [5, 5.41) is 10.6. The first-order chi connectivity index (χ1) is 10.9. The van der Waals surface area contributed by atoms with E-state index < -0.39 is 11.0 Å². The largest absolute Gasteiger partial charge is 0.484 e. The van der Waals surface area contributed by atoms with E-state index in [1.54, 1.807) is 14.1 Å². The summed E-state index contributed by atoms with van der Waals surface area (Å²) in [6.07, 6.45) is 0. The van der Waals surface area contributed by atoms with Crippen molar-refractivity contribution in [3.63, 3.8) is 0 Å². The molecule has 0 saturated carbocycles. The van der Waals surface area contributed by atoms with Crippen molar-refractivity contribution in [2.24, 2.45) is 0 Å². The van der Waals surface area contributed by atoms with Crippen LogP contribution in [0.2, 0.25) is 0 Å². The van der Waals surface area contributed by atoms with Crippen molar-refractivity contribution in [2.45, 2.75) is 6.04 Å². The van der Waals surface area contributed by atoms with E-state index in [4.69, 9.17) is 4.74 Å². The van der Waals surface area contributed by atoms with E-state index in [-0.39, 0.29) is 24.1 Å². The average molecular weight is 339 g/mol. The van der Waals surface area contributed by atoms with E-state index in [0.717, 1.165) is 0 Å². The summed E-state index contributed by atoms with van der Waals surface area (Å²) >= 11 is 1.52. The minimum absolute atomic E-state index is 0.0451. The van der Waals surface area contributed by atoms with Crippen molar-refractivity contribution < 1.29 is 19.2 Å². The molecule has 8 nitrogen and oxygen atoms in total. The molecule has 1 fully saturated rings. The van der Waals surface area contributed by atoms with Gasteiger partial charge in [0.25, 0.3) is 11.6 Å². The SMILES string of the molecule is CN(C)C(=O)[C@H]1CSCN1C(=O)COc1ccc([N+](=O)[O-])cc1. The Bertz CT molecular complexity index is 605. The predicted octanol–water partition coefficient (Wildman–Crippen LogP) is 0.963. The Kier molecular flexibility index (Phi) is 5.43. The molecule has 1 aliphatic heterocycles. The summed E-state index contributed by atoms with van der Waals surface area (Å²) in [6.45, 7) is -0.213. The zero-order valence-corrected chi connectivity index (χ0v) is 13.6. The number of ether oxygens (including phenoxy) is 1. The number of nitro groups is 1. The highest BCUT2D eigenvalue weighted by Crippen LogP contribution is 2.23. The van der Waals surface area contributed by atoms with Gasteiger partial charge in [-0.05, 0) is 12.1 Å². The summed E-state index contributed by atoms with van der Waals surface area (Å²) < 4.78 is 5.36. The van der Waals surface area contributed by atoms with Crippen LogP contribution < -0.4 is 4.74 Å². The second-order valence-electron chi connectivity index (χ2n) is 5.15. The quantitative estimate of drug-likeness (QED) is 0.586. The number of nitro benzene ring substituents is 1. The lowest BCUT2D eigenvalue weighted by Gasteiger charge is -2.25. The molecule has 1 saturated heterocycles. The fraction of sp³-hybridized carbons (Fsp3) is 0.429. The lowest BCUT2D eigenvalue weighted by atomic mass is 10.2. The van der Waals surface area contributed by atoms with Crippen LogP contribution in [0.5, 0.6) is 5.75 Å². The highest BCUT2D eigenvalue weighted by molar-refractivity contribution is 7.99. The number of rotatable bonds is 5. The molecule has 2 amide bonds. The van der Waals surface area contributed by atoms with Gasteiger partial charge in [-0.15, -0.1) is 11.8 Å². The van der Waals surface area contributed by atoms with E-state index >= 15 is 0 Å². The van der Waals surface area contributed by atoms with E-state index in [9.17, 15) is 19.7 Å². The third kappa shape index (κ3) is 4.13. The van der Waals surface area contributed by atoms with Crippen molar-refractivity contribution in [3.05, 3.63) is 34.4 Å². The third-order valence-electron chi connectivity index (χ3n) is 3.34. The number of hydrogen-bond acceptors (Lipinski definition) is 6. The monoisotopic (exact) mass is 339 g/mol. The molecule has 0 spiro atoms. The van der Waals surface area contributed by atoms with Gasteiger partial charge in [-0.1, -0.05) is 0 Å². The van der Waals surface area contributed by atoms with Crippen LogP contribution in [0.25, 0.3) is 0 Å². The molecule has 0 aliphatic carbocycles. The van der Waals surface area contributed by atoms with Crippen LogP contribution in [0.4, 0.5) is 5.69 Å². The maximum Gasteiger partial charge on any atom is 0.269 e. The maximum atomic E-state index is 12.2. The average Bonchev–Trinajstić information content (AvgIpc) is 3.01. The van der Waals surface area contributed by atoms with Gasteiger partial charge in [0, 0.05) is 32.0 Å². The zero-order valence-electron chi connectivity index (χ0n) is 12.8. The predicted molar refractivity (Wildman–Crippen MR) is 85.2 cm³/mol. The smallest absolute Gasteiger partial charge is 0.269 e. The topological polar surface area (TPSA) is 93.0 Å². The van der Waals surface area contributed by atoms with Gasteiger partial charge >= 0.3 is 0 Å². The van der Waals surface area contributed by atoms with Crippen molar-refractivity contribution in [1.29, 1.82) is 0 Å². The highest BCUT2D eigenvalue weighted by Gasteiger charge is 2.35. The van der Waals surface area contributed by atoms with Crippen LogP contribution in [-0.4, -0.2) is 64.9 Å². The Balaban J connectivity index is 1.93. The highest BCUT2D eigenvalue weighted by atomic mass is 32.2. The fourth-order valence-electron chi connectivity index (χ4n) is 2.08. The number of carbonyl (C=O) groups excluding carboxylic acids is 2. The fourth-order valence-corrected chi connectivity index (χ4v) is 3.25. The van der Waals surface area contributed by atoms with Crippen LogP contribution in [-0.2, 0) is 9.59 Å². The van der Waals surface area contributed by atoms with E-state index in [1.807, 2.05) is 0 Å². The Morgan fingerprint density at radius 2 is 2.04 bits per heavy atom. The molecular formula is C14H17N3O5S. The molecule has 0 radical (unpaired) electrons. The molecule has 124 valence electrons. The van der Waals surface area contributed by atoms with Gasteiger partial charge in [0.15, 0.2) is 6.61 Å². The molecule has 0 aromatic heterocycles. The van der Waals surface area contributed by atoms with Gasteiger partial charge in [-0.2, -0.15) is 0 Å². The third-order valence-corrected chi connectivity index (χ3v) is 4.35. The van der Waals surface area contributed by atoms with Gasteiger partial charge in [-0.25, -0.2) is 0 Å². The lowest BCUT2D eigenvalue weighted by Crippen LogP contribution is -2.48. The summed E-state index contributed by atoms with van der Waals surface area (Å²) in [4.78, 5) is 37.3. The lowest BCUT2D eigenvalue weighted by molar-refractivity contribution is -0.384. The van der Waals surface area contributed by atoms with Crippen molar-refractivity contribution in [3.8, 4) is 5.75 Å². The number of likely N-dealkylation sites (N-methyl/N-ethyl adjacent to an activating group) is 1. The van der Waals surface area contributed by atoms with Crippen LogP contribution in [0, 0.1) is 10.1 Å².